The normalized spacial score (nSPS) is 11.3. The van der Waals surface area contributed by atoms with E-state index in [-0.39, 0.29) is 17.3 Å². The molecular formula is C26H29ClN2O3S2. The van der Waals surface area contributed by atoms with E-state index >= 15 is 0 Å². The van der Waals surface area contributed by atoms with E-state index in [1.165, 1.54) is 5.56 Å². The third-order valence-corrected chi connectivity index (χ3v) is 8.55. The summed E-state index contributed by atoms with van der Waals surface area (Å²) in [6.07, 6.45) is 0.796. The van der Waals surface area contributed by atoms with Gasteiger partial charge in [-0.15, -0.1) is 0 Å². The van der Waals surface area contributed by atoms with E-state index in [9.17, 15) is 13.2 Å². The first-order chi connectivity index (χ1) is 16.3. The van der Waals surface area contributed by atoms with E-state index in [0.29, 0.717) is 17.3 Å². The fourth-order valence-electron chi connectivity index (χ4n) is 3.24. The Labute approximate surface area is 211 Å². The van der Waals surface area contributed by atoms with E-state index in [2.05, 4.69) is 17.4 Å². The first kappa shape index (κ1) is 26.1. The molecule has 1 amide bonds. The fourth-order valence-corrected chi connectivity index (χ4v) is 5.75. The van der Waals surface area contributed by atoms with Crippen LogP contribution < -0.4 is 9.62 Å². The number of carbonyl (C=O) groups is 1. The number of carbonyl (C=O) groups excluding carboxylic acids is 1. The highest BCUT2D eigenvalue weighted by atomic mass is 35.5. The number of halogens is 1. The Balaban J connectivity index is 1.63. The predicted octanol–water partition coefficient (Wildman–Crippen LogP) is 5.59. The van der Waals surface area contributed by atoms with Crippen molar-refractivity contribution in [2.75, 3.05) is 23.1 Å². The minimum Gasteiger partial charge on any atom is -0.354 e. The number of amides is 1. The minimum absolute atomic E-state index is 0.125. The van der Waals surface area contributed by atoms with E-state index in [4.69, 9.17) is 11.6 Å². The summed E-state index contributed by atoms with van der Waals surface area (Å²) in [5.74, 6) is 1.46. The Hall–Kier alpha value is -2.48. The molecule has 0 bridgehead atoms. The Kier molecular flexibility index (Phi) is 9.45. The Morgan fingerprint density at radius 1 is 1.00 bits per heavy atom. The number of anilines is 1. The van der Waals surface area contributed by atoms with Crippen LogP contribution in [-0.4, -0.2) is 33.2 Å². The molecule has 180 valence electrons. The maximum Gasteiger partial charge on any atom is 0.264 e. The molecule has 0 aliphatic carbocycles. The molecule has 0 fully saturated rings. The Morgan fingerprint density at radius 2 is 1.71 bits per heavy atom. The maximum atomic E-state index is 13.4. The van der Waals surface area contributed by atoms with E-state index in [1.807, 2.05) is 32.0 Å². The maximum absolute atomic E-state index is 13.4. The molecule has 5 nitrogen and oxygen atoms in total. The third kappa shape index (κ3) is 7.26. The van der Waals surface area contributed by atoms with Gasteiger partial charge >= 0.3 is 0 Å². The van der Waals surface area contributed by atoms with E-state index < -0.39 is 10.0 Å². The number of hydrogen-bond acceptors (Lipinski definition) is 4. The van der Waals surface area contributed by atoms with Gasteiger partial charge in [0.05, 0.1) is 10.6 Å². The standard InChI is InChI=1S/C26H29ClN2O3S2/c1-20-9-13-24(14-10-20)34(31,32)29(23-12-11-21(2)25(27)17-23)18-26(30)28-15-6-16-33-19-22-7-4-3-5-8-22/h3-5,7-14,17H,6,15-16,18-19H2,1-2H3,(H,28,30). The molecule has 0 saturated carbocycles. The molecule has 0 saturated heterocycles. The summed E-state index contributed by atoms with van der Waals surface area (Å²) in [6.45, 7) is 3.88. The number of nitrogens with zero attached hydrogens (tertiary/aromatic N) is 1. The molecule has 0 spiro atoms. The summed E-state index contributed by atoms with van der Waals surface area (Å²) in [5, 5.41) is 3.29. The Bertz CT molecular complexity index is 1200. The van der Waals surface area contributed by atoms with Crippen LogP contribution in [0.4, 0.5) is 5.69 Å². The lowest BCUT2D eigenvalue weighted by atomic mass is 10.2. The summed E-state index contributed by atoms with van der Waals surface area (Å²) in [4.78, 5) is 12.8. The smallest absolute Gasteiger partial charge is 0.264 e. The molecule has 3 aromatic carbocycles. The summed E-state index contributed by atoms with van der Waals surface area (Å²) in [7, 11) is -3.96. The van der Waals surface area contributed by atoms with Crippen LogP contribution in [0.15, 0.2) is 77.7 Å². The average Bonchev–Trinajstić information content (AvgIpc) is 2.82. The molecule has 0 heterocycles. The zero-order valence-electron chi connectivity index (χ0n) is 19.3. The van der Waals surface area contributed by atoms with Gasteiger partial charge in [-0.2, -0.15) is 11.8 Å². The van der Waals surface area contributed by atoms with Gasteiger partial charge in [0.15, 0.2) is 0 Å². The van der Waals surface area contributed by atoms with Crippen LogP contribution in [0, 0.1) is 13.8 Å². The third-order valence-electron chi connectivity index (χ3n) is 5.24. The first-order valence-corrected chi connectivity index (χ1v) is 14.0. The van der Waals surface area contributed by atoms with Crippen molar-refractivity contribution in [2.45, 2.75) is 30.9 Å². The zero-order valence-corrected chi connectivity index (χ0v) is 21.7. The van der Waals surface area contributed by atoms with Crippen LogP contribution in [0.5, 0.6) is 0 Å². The summed E-state index contributed by atoms with van der Waals surface area (Å²) in [5.41, 5.74) is 3.40. The summed E-state index contributed by atoms with van der Waals surface area (Å²) >= 11 is 8.07. The Morgan fingerprint density at radius 3 is 2.38 bits per heavy atom. The second-order valence-corrected chi connectivity index (χ2v) is 11.4. The highest BCUT2D eigenvalue weighted by Crippen LogP contribution is 2.28. The largest absolute Gasteiger partial charge is 0.354 e. The molecule has 0 aromatic heterocycles. The highest BCUT2D eigenvalue weighted by molar-refractivity contribution is 7.98. The molecule has 0 atom stereocenters. The lowest BCUT2D eigenvalue weighted by molar-refractivity contribution is -0.119. The van der Waals surface area contributed by atoms with Crippen molar-refractivity contribution in [3.8, 4) is 0 Å². The lowest BCUT2D eigenvalue weighted by Gasteiger charge is -2.24. The topological polar surface area (TPSA) is 66.5 Å². The highest BCUT2D eigenvalue weighted by Gasteiger charge is 2.27. The molecule has 34 heavy (non-hydrogen) atoms. The molecule has 1 N–H and O–H groups in total. The number of benzene rings is 3. The van der Waals surface area contributed by atoms with Crippen molar-refractivity contribution in [3.05, 3.63) is 94.5 Å². The van der Waals surface area contributed by atoms with Crippen molar-refractivity contribution < 1.29 is 13.2 Å². The second kappa shape index (κ2) is 12.3. The second-order valence-electron chi connectivity index (χ2n) is 8.00. The average molecular weight is 517 g/mol. The number of thioether (sulfide) groups is 1. The zero-order chi connectivity index (χ0) is 24.6. The monoisotopic (exact) mass is 516 g/mol. The van der Waals surface area contributed by atoms with Crippen LogP contribution in [0.3, 0.4) is 0 Å². The van der Waals surface area contributed by atoms with E-state index in [0.717, 1.165) is 33.4 Å². The molecule has 3 aromatic rings. The van der Waals surface area contributed by atoms with Crippen LogP contribution >= 0.6 is 23.4 Å². The quantitative estimate of drug-likeness (QED) is 0.337. The summed E-state index contributed by atoms with van der Waals surface area (Å²) in [6, 6.07) is 21.8. The predicted molar refractivity (Wildman–Crippen MR) is 142 cm³/mol. The lowest BCUT2D eigenvalue weighted by Crippen LogP contribution is -2.41. The number of nitrogens with one attached hydrogen (secondary N) is 1. The number of rotatable bonds is 11. The van der Waals surface area contributed by atoms with Gasteiger partial charge < -0.3 is 5.32 Å². The van der Waals surface area contributed by atoms with Gasteiger partial charge in [-0.3, -0.25) is 9.10 Å². The number of aryl methyl sites for hydroxylation is 2. The van der Waals surface area contributed by atoms with Crippen LogP contribution in [0.2, 0.25) is 5.02 Å². The molecule has 0 radical (unpaired) electrons. The number of hydrogen-bond donors (Lipinski definition) is 1. The van der Waals surface area contributed by atoms with Crippen molar-refractivity contribution >= 4 is 45.0 Å². The van der Waals surface area contributed by atoms with Crippen LogP contribution in [-0.2, 0) is 20.6 Å². The van der Waals surface area contributed by atoms with Gasteiger partial charge in [-0.05, 0) is 61.4 Å². The van der Waals surface area contributed by atoms with Gasteiger partial charge in [-0.1, -0.05) is 65.7 Å². The number of sulfonamides is 1. The van der Waals surface area contributed by atoms with Crippen molar-refractivity contribution in [2.24, 2.45) is 0 Å². The minimum atomic E-state index is -3.96. The summed E-state index contributed by atoms with van der Waals surface area (Å²) < 4.78 is 28.0. The van der Waals surface area contributed by atoms with Crippen LogP contribution in [0.25, 0.3) is 0 Å². The van der Waals surface area contributed by atoms with Gasteiger partial charge in [-0.25, -0.2) is 8.42 Å². The van der Waals surface area contributed by atoms with Crippen molar-refractivity contribution in [1.82, 2.24) is 5.32 Å². The van der Waals surface area contributed by atoms with Gasteiger partial charge in [0.2, 0.25) is 5.91 Å². The van der Waals surface area contributed by atoms with Gasteiger partial charge in [0.25, 0.3) is 10.0 Å². The fraction of sp³-hybridized carbons (Fsp3) is 0.269. The molecule has 3 rings (SSSR count). The molecule has 8 heteroatoms. The molecular weight excluding hydrogens is 488 g/mol. The molecule has 0 aliphatic heterocycles. The molecule has 0 unspecified atom stereocenters. The first-order valence-electron chi connectivity index (χ1n) is 11.0. The molecule has 0 aliphatic rings. The van der Waals surface area contributed by atoms with Gasteiger partial charge in [0, 0.05) is 17.3 Å². The SMILES string of the molecule is Cc1ccc(S(=O)(=O)N(CC(=O)NCCCSCc2ccccc2)c2ccc(C)c(Cl)c2)cc1. The van der Waals surface area contributed by atoms with Gasteiger partial charge in [0.1, 0.15) is 6.54 Å². The van der Waals surface area contributed by atoms with Crippen LogP contribution in [0.1, 0.15) is 23.1 Å². The van der Waals surface area contributed by atoms with E-state index in [1.54, 1.807) is 54.2 Å². The van der Waals surface area contributed by atoms with Crippen molar-refractivity contribution in [3.63, 3.8) is 0 Å². The van der Waals surface area contributed by atoms with Crippen molar-refractivity contribution in [1.29, 1.82) is 0 Å².